The lowest BCUT2D eigenvalue weighted by molar-refractivity contribution is 0.726. The highest BCUT2D eigenvalue weighted by Crippen LogP contribution is 2.06. The molecule has 1 N–H and O–H groups in total. The minimum absolute atomic E-state index is 0.0688. The van der Waals surface area contributed by atoms with Crippen LogP contribution in [0.15, 0.2) is 47.7 Å². The van der Waals surface area contributed by atoms with Gasteiger partial charge in [0.05, 0.1) is 18.4 Å². The fraction of sp³-hybridized carbons (Fsp3) is 0.214. The van der Waals surface area contributed by atoms with Crippen LogP contribution in [-0.4, -0.2) is 25.7 Å². The molecule has 3 aromatic heterocycles. The third-order valence-electron chi connectivity index (χ3n) is 3.04. The molecule has 0 aliphatic carbocycles. The fourth-order valence-corrected chi connectivity index (χ4v) is 2.11. The van der Waals surface area contributed by atoms with Gasteiger partial charge in [-0.05, 0) is 25.1 Å². The van der Waals surface area contributed by atoms with Crippen LogP contribution in [0.2, 0.25) is 0 Å². The normalized spacial score (nSPS) is 10.8. The summed E-state index contributed by atoms with van der Waals surface area (Å²) in [6.07, 6.45) is 5.11. The predicted molar refractivity (Wildman–Crippen MR) is 77.0 cm³/mol. The number of fused-ring (bicyclic) bond motifs is 1. The zero-order chi connectivity index (χ0) is 13.9. The second kappa shape index (κ2) is 5.16. The minimum Gasteiger partial charge on any atom is -0.370 e. The first kappa shape index (κ1) is 12.4. The molecule has 3 heterocycles. The van der Waals surface area contributed by atoms with Gasteiger partial charge < -0.3 is 9.88 Å². The van der Waals surface area contributed by atoms with Crippen LogP contribution in [0.25, 0.3) is 5.52 Å². The van der Waals surface area contributed by atoms with E-state index in [0.29, 0.717) is 12.1 Å². The molecule has 0 fully saturated rings. The lowest BCUT2D eigenvalue weighted by atomic mass is 10.3. The van der Waals surface area contributed by atoms with Crippen LogP contribution < -0.4 is 10.9 Å². The van der Waals surface area contributed by atoms with Gasteiger partial charge >= 0.3 is 0 Å². The second-order valence-corrected chi connectivity index (χ2v) is 4.44. The zero-order valence-corrected chi connectivity index (χ0v) is 11.2. The molecule has 20 heavy (non-hydrogen) atoms. The Balaban J connectivity index is 1.94. The van der Waals surface area contributed by atoms with Crippen LogP contribution in [0, 0.1) is 0 Å². The van der Waals surface area contributed by atoms with E-state index in [1.54, 1.807) is 33.7 Å². The summed E-state index contributed by atoms with van der Waals surface area (Å²) in [5, 5.41) is 7.21. The van der Waals surface area contributed by atoms with Gasteiger partial charge in [-0.25, -0.2) is 9.50 Å². The number of nitrogens with one attached hydrogen (secondary N) is 1. The maximum atomic E-state index is 12.3. The molecule has 0 aliphatic heterocycles. The van der Waals surface area contributed by atoms with Crippen molar-refractivity contribution < 1.29 is 0 Å². The van der Waals surface area contributed by atoms with Crippen LogP contribution in [-0.2, 0) is 6.54 Å². The molecule has 102 valence electrons. The summed E-state index contributed by atoms with van der Waals surface area (Å²) in [5.74, 6) is 0.823. The molecule has 0 saturated heterocycles. The van der Waals surface area contributed by atoms with Crippen LogP contribution >= 0.6 is 0 Å². The first-order valence-electron chi connectivity index (χ1n) is 6.50. The quantitative estimate of drug-likeness (QED) is 0.777. The van der Waals surface area contributed by atoms with E-state index in [-0.39, 0.29) is 5.56 Å². The maximum absolute atomic E-state index is 12.3. The van der Waals surface area contributed by atoms with E-state index in [1.807, 2.05) is 25.1 Å². The number of hydrogen-bond acceptors (Lipinski definition) is 4. The van der Waals surface area contributed by atoms with E-state index in [9.17, 15) is 4.79 Å². The predicted octanol–water partition coefficient (Wildman–Crippen LogP) is 1.37. The molecule has 6 nitrogen and oxygen atoms in total. The summed E-state index contributed by atoms with van der Waals surface area (Å²) in [5.41, 5.74) is 1.34. The summed E-state index contributed by atoms with van der Waals surface area (Å²) in [7, 11) is 0. The average Bonchev–Trinajstić information content (AvgIpc) is 2.92. The topological polar surface area (TPSA) is 64.2 Å². The molecule has 0 aliphatic rings. The molecule has 6 heteroatoms. The van der Waals surface area contributed by atoms with Crippen molar-refractivity contribution in [1.82, 2.24) is 19.2 Å². The molecule has 0 atom stereocenters. The van der Waals surface area contributed by atoms with Gasteiger partial charge in [-0.2, -0.15) is 5.10 Å². The lowest BCUT2D eigenvalue weighted by Gasteiger charge is -2.08. The molecule has 0 unspecified atom stereocenters. The molecule has 0 saturated carbocycles. The Morgan fingerprint density at radius 2 is 2.15 bits per heavy atom. The molecule has 0 aromatic carbocycles. The highest BCUT2D eigenvalue weighted by atomic mass is 16.1. The first-order chi connectivity index (χ1) is 9.78. The van der Waals surface area contributed by atoms with Crippen LogP contribution in [0.5, 0.6) is 0 Å². The molecule has 0 radical (unpaired) electrons. The molecule has 0 amide bonds. The van der Waals surface area contributed by atoms with Crippen molar-refractivity contribution in [1.29, 1.82) is 0 Å². The Morgan fingerprint density at radius 3 is 3.00 bits per heavy atom. The Kier molecular flexibility index (Phi) is 3.20. The number of rotatable bonds is 4. The van der Waals surface area contributed by atoms with Gasteiger partial charge in [0.15, 0.2) is 0 Å². The number of nitrogens with zero attached hydrogens (tertiary/aromatic N) is 4. The highest BCUT2D eigenvalue weighted by Gasteiger charge is 2.05. The number of aromatic nitrogens is 4. The van der Waals surface area contributed by atoms with E-state index in [1.165, 1.54) is 0 Å². The second-order valence-electron chi connectivity index (χ2n) is 4.44. The minimum atomic E-state index is -0.0688. The third-order valence-corrected chi connectivity index (χ3v) is 3.04. The van der Waals surface area contributed by atoms with E-state index in [0.717, 1.165) is 18.1 Å². The van der Waals surface area contributed by atoms with Crippen molar-refractivity contribution >= 4 is 11.3 Å². The van der Waals surface area contributed by atoms with Crippen LogP contribution in [0.1, 0.15) is 12.6 Å². The summed E-state index contributed by atoms with van der Waals surface area (Å²) in [6.45, 7) is 3.28. The SMILES string of the molecule is CCNc1cccc(Cn2ccn3nccc3c2=O)n1. The fourth-order valence-electron chi connectivity index (χ4n) is 2.11. The van der Waals surface area contributed by atoms with Gasteiger partial charge in [0, 0.05) is 18.9 Å². The van der Waals surface area contributed by atoms with Crippen LogP contribution in [0.4, 0.5) is 5.82 Å². The molecule has 3 aromatic rings. The van der Waals surface area contributed by atoms with Gasteiger partial charge in [-0.15, -0.1) is 0 Å². The summed E-state index contributed by atoms with van der Waals surface area (Å²) in [4.78, 5) is 16.7. The van der Waals surface area contributed by atoms with Gasteiger partial charge in [-0.1, -0.05) is 6.07 Å². The van der Waals surface area contributed by atoms with E-state index >= 15 is 0 Å². The summed E-state index contributed by atoms with van der Waals surface area (Å²) in [6, 6.07) is 7.47. The first-order valence-corrected chi connectivity index (χ1v) is 6.50. The zero-order valence-electron chi connectivity index (χ0n) is 11.2. The van der Waals surface area contributed by atoms with Crippen molar-refractivity contribution in [2.45, 2.75) is 13.5 Å². The Labute approximate surface area is 115 Å². The van der Waals surface area contributed by atoms with Gasteiger partial charge in [0.2, 0.25) is 0 Å². The summed E-state index contributed by atoms with van der Waals surface area (Å²) < 4.78 is 3.20. The lowest BCUT2D eigenvalue weighted by Crippen LogP contribution is -2.22. The molecular formula is C14H15N5O. The summed E-state index contributed by atoms with van der Waals surface area (Å²) >= 11 is 0. The highest BCUT2D eigenvalue weighted by molar-refractivity contribution is 5.42. The largest absolute Gasteiger partial charge is 0.370 e. The number of pyridine rings is 1. The van der Waals surface area contributed by atoms with E-state index < -0.39 is 0 Å². The Hall–Kier alpha value is -2.63. The van der Waals surface area contributed by atoms with Crippen molar-refractivity contribution in [3.05, 3.63) is 58.9 Å². The Bertz CT molecular complexity index is 789. The maximum Gasteiger partial charge on any atom is 0.276 e. The number of anilines is 1. The smallest absolute Gasteiger partial charge is 0.276 e. The third kappa shape index (κ3) is 2.27. The number of hydrogen-bond donors (Lipinski definition) is 1. The standard InChI is InChI=1S/C14H15N5O/c1-2-15-13-5-3-4-11(17-13)10-18-8-9-19-12(14(18)20)6-7-16-19/h3-9H,2,10H2,1H3,(H,15,17). The van der Waals surface area contributed by atoms with Crippen LogP contribution in [0.3, 0.4) is 0 Å². The van der Waals surface area contributed by atoms with Crippen molar-refractivity contribution in [3.8, 4) is 0 Å². The van der Waals surface area contributed by atoms with Gasteiger partial charge in [0.1, 0.15) is 11.3 Å². The molecule has 0 bridgehead atoms. The van der Waals surface area contributed by atoms with Crippen molar-refractivity contribution in [3.63, 3.8) is 0 Å². The monoisotopic (exact) mass is 269 g/mol. The van der Waals surface area contributed by atoms with Crippen molar-refractivity contribution in [2.75, 3.05) is 11.9 Å². The van der Waals surface area contributed by atoms with Gasteiger partial charge in [-0.3, -0.25) is 4.79 Å². The molecule has 0 spiro atoms. The molecule has 3 rings (SSSR count). The van der Waals surface area contributed by atoms with E-state index in [2.05, 4.69) is 15.4 Å². The average molecular weight is 269 g/mol. The van der Waals surface area contributed by atoms with Crippen molar-refractivity contribution in [2.24, 2.45) is 0 Å². The molecular weight excluding hydrogens is 254 g/mol. The Morgan fingerprint density at radius 1 is 1.25 bits per heavy atom. The van der Waals surface area contributed by atoms with Gasteiger partial charge in [0.25, 0.3) is 5.56 Å². The van der Waals surface area contributed by atoms with E-state index in [4.69, 9.17) is 0 Å².